The lowest BCUT2D eigenvalue weighted by molar-refractivity contribution is 0.0745. The van der Waals surface area contributed by atoms with Crippen LogP contribution in [0.1, 0.15) is 49.1 Å². The number of hydrogen-bond donors (Lipinski definition) is 1. The van der Waals surface area contributed by atoms with Crippen LogP contribution in [-0.2, 0) is 13.1 Å². The Morgan fingerprint density at radius 2 is 1.85 bits per heavy atom. The first-order valence-corrected chi connectivity index (χ1v) is 13.0. The highest BCUT2D eigenvalue weighted by Gasteiger charge is 2.31. The van der Waals surface area contributed by atoms with E-state index in [9.17, 15) is 18.4 Å². The zero-order chi connectivity index (χ0) is 28.6. The molecule has 0 aliphatic carbocycles. The van der Waals surface area contributed by atoms with Crippen LogP contribution in [0, 0.1) is 6.92 Å². The van der Waals surface area contributed by atoms with Crippen molar-refractivity contribution < 1.29 is 27.8 Å². The number of thiazole rings is 1. The fraction of sp³-hybridized carbons (Fsp3) is 0.231. The second kappa shape index (κ2) is 11.1. The molecule has 10 nitrogen and oxygen atoms in total. The molecule has 5 heterocycles. The number of aryl methyl sites for hydroxylation is 1. The minimum absolute atomic E-state index is 0.0709. The summed E-state index contributed by atoms with van der Waals surface area (Å²) in [6.45, 7) is 2.20. The van der Waals surface area contributed by atoms with E-state index in [4.69, 9.17) is 21.1 Å². The smallest absolute Gasteiger partial charge is 0.280 e. The number of pyridine rings is 3. The molecule has 1 N–H and O–H groups in total. The lowest BCUT2D eigenvalue weighted by Gasteiger charge is -2.17. The van der Waals surface area contributed by atoms with Gasteiger partial charge in [0.1, 0.15) is 22.2 Å². The number of aromatic nitrogens is 4. The normalized spacial score (nSPS) is 12.4. The Labute approximate surface area is 236 Å². The van der Waals surface area contributed by atoms with E-state index >= 15 is 0 Å². The largest absolute Gasteiger partial charge is 0.494 e. The molecule has 4 aromatic heterocycles. The molecule has 0 bridgehead atoms. The summed E-state index contributed by atoms with van der Waals surface area (Å²) >= 11 is 7.35. The van der Waals surface area contributed by atoms with E-state index in [2.05, 4.69) is 25.3 Å². The molecule has 0 saturated carbocycles. The van der Waals surface area contributed by atoms with Gasteiger partial charge in [-0.25, -0.2) is 23.7 Å². The third kappa shape index (κ3) is 5.29. The number of rotatable bonds is 7. The van der Waals surface area contributed by atoms with Gasteiger partial charge in [0.2, 0.25) is 5.88 Å². The number of nitrogens with zero attached hydrogens (tertiary/aromatic N) is 5. The average Bonchev–Trinajstić information content (AvgIpc) is 3.51. The average molecular weight is 587 g/mol. The van der Waals surface area contributed by atoms with Gasteiger partial charge in [0, 0.05) is 23.0 Å². The van der Waals surface area contributed by atoms with Crippen LogP contribution in [0.15, 0.2) is 36.7 Å². The second-order valence-corrected chi connectivity index (χ2v) is 10.1. The Balaban J connectivity index is 1.34. The van der Waals surface area contributed by atoms with E-state index in [1.165, 1.54) is 48.9 Å². The zero-order valence-electron chi connectivity index (χ0n) is 21.4. The van der Waals surface area contributed by atoms with E-state index in [-0.39, 0.29) is 35.2 Å². The maximum absolute atomic E-state index is 13.3. The monoisotopic (exact) mass is 586 g/mol. The summed E-state index contributed by atoms with van der Waals surface area (Å²) in [7, 11) is 2.76. The quantitative estimate of drug-likeness (QED) is 0.289. The minimum Gasteiger partial charge on any atom is -0.494 e. The van der Waals surface area contributed by atoms with Gasteiger partial charge >= 0.3 is 0 Å². The Morgan fingerprint density at radius 3 is 2.55 bits per heavy atom. The number of methoxy groups -OCH3 is 2. The molecular formula is C26H21ClF2N6O4S. The van der Waals surface area contributed by atoms with Gasteiger partial charge in [0.15, 0.2) is 5.13 Å². The summed E-state index contributed by atoms with van der Waals surface area (Å²) in [6, 6.07) is 5.74. The minimum atomic E-state index is -2.79. The number of carbonyl (C=O) groups is 2. The topological polar surface area (TPSA) is 119 Å². The van der Waals surface area contributed by atoms with Crippen LogP contribution in [0.4, 0.5) is 13.9 Å². The molecule has 0 fully saturated rings. The van der Waals surface area contributed by atoms with Gasteiger partial charge < -0.3 is 14.4 Å². The molecule has 14 heteroatoms. The van der Waals surface area contributed by atoms with Crippen LogP contribution in [0.25, 0.3) is 11.1 Å². The highest BCUT2D eigenvalue weighted by atomic mass is 35.5. The van der Waals surface area contributed by atoms with Crippen molar-refractivity contribution in [2.45, 2.75) is 26.4 Å². The van der Waals surface area contributed by atoms with Crippen LogP contribution < -0.4 is 14.8 Å². The Morgan fingerprint density at radius 1 is 1.05 bits per heavy atom. The van der Waals surface area contributed by atoms with Crippen LogP contribution >= 0.6 is 22.9 Å². The summed E-state index contributed by atoms with van der Waals surface area (Å²) < 4.78 is 36.5. The van der Waals surface area contributed by atoms with Gasteiger partial charge in [0.25, 0.3) is 18.2 Å². The lowest BCUT2D eigenvalue weighted by Crippen LogP contribution is -2.26. The molecule has 2 amide bonds. The van der Waals surface area contributed by atoms with Gasteiger partial charge in [-0.3, -0.25) is 19.9 Å². The molecule has 5 rings (SSSR count). The Hall–Kier alpha value is -4.23. The van der Waals surface area contributed by atoms with Crippen molar-refractivity contribution in [1.82, 2.24) is 24.8 Å². The lowest BCUT2D eigenvalue weighted by atomic mass is 10.0. The molecular weight excluding hydrogens is 566 g/mol. The molecule has 40 heavy (non-hydrogen) atoms. The molecule has 0 radical (unpaired) electrons. The molecule has 0 atom stereocenters. The van der Waals surface area contributed by atoms with Crippen molar-refractivity contribution in [2.24, 2.45) is 0 Å². The van der Waals surface area contributed by atoms with Crippen molar-refractivity contribution in [1.29, 1.82) is 0 Å². The SMILES string of the molecule is COc1cnc(Cl)cc1-c1cc(C)ncc1C(=O)Nc1nc2c(s1)CN(C(=O)c1ccc(C(F)F)nc1OC)C2. The predicted octanol–water partition coefficient (Wildman–Crippen LogP) is 5.32. The van der Waals surface area contributed by atoms with E-state index in [0.717, 1.165) is 10.9 Å². The summed E-state index contributed by atoms with van der Waals surface area (Å²) in [4.78, 5) is 45.3. The van der Waals surface area contributed by atoms with Crippen LogP contribution in [0.5, 0.6) is 11.6 Å². The van der Waals surface area contributed by atoms with Crippen molar-refractivity contribution >= 4 is 39.9 Å². The number of nitrogens with one attached hydrogen (secondary N) is 1. The number of carbonyl (C=O) groups excluding carboxylic acids is 2. The Bertz CT molecular complexity index is 1610. The molecule has 0 saturated heterocycles. The van der Waals surface area contributed by atoms with Gasteiger partial charge in [-0.2, -0.15) is 0 Å². The molecule has 0 spiro atoms. The number of hydrogen-bond acceptors (Lipinski definition) is 9. The van der Waals surface area contributed by atoms with Gasteiger partial charge in [-0.05, 0) is 31.2 Å². The van der Waals surface area contributed by atoms with Crippen molar-refractivity contribution in [2.75, 3.05) is 19.5 Å². The van der Waals surface area contributed by atoms with Gasteiger partial charge in [-0.15, -0.1) is 0 Å². The zero-order valence-corrected chi connectivity index (χ0v) is 22.9. The van der Waals surface area contributed by atoms with E-state index in [1.54, 1.807) is 19.1 Å². The summed E-state index contributed by atoms with van der Waals surface area (Å²) in [5, 5.41) is 3.41. The van der Waals surface area contributed by atoms with Crippen molar-refractivity contribution in [3.63, 3.8) is 0 Å². The van der Waals surface area contributed by atoms with Crippen LogP contribution in [0.2, 0.25) is 5.15 Å². The predicted molar refractivity (Wildman–Crippen MR) is 143 cm³/mol. The van der Waals surface area contributed by atoms with Crippen LogP contribution in [0.3, 0.4) is 0 Å². The van der Waals surface area contributed by atoms with E-state index in [0.29, 0.717) is 33.4 Å². The Kier molecular flexibility index (Phi) is 7.59. The number of anilines is 1. The third-order valence-corrected chi connectivity index (χ3v) is 7.32. The maximum atomic E-state index is 13.3. The summed E-state index contributed by atoms with van der Waals surface area (Å²) in [5.41, 5.74) is 2.33. The molecule has 0 unspecified atom stereocenters. The first kappa shape index (κ1) is 27.3. The fourth-order valence-electron chi connectivity index (χ4n) is 4.22. The molecule has 1 aliphatic rings. The third-order valence-electron chi connectivity index (χ3n) is 6.12. The standard InChI is InChI=1S/C26H21ClF2N6O4S/c1-12-6-14(15-7-21(27)31-9-19(15)38-2)16(8-30-12)23(36)34-26-33-18-10-35(11-20(18)40-26)25(37)13-4-5-17(22(28)29)32-24(13)39-3/h4-9,22H,10-11H2,1-3H3,(H,33,34,36). The summed E-state index contributed by atoms with van der Waals surface area (Å²) in [6.07, 6.45) is 0.161. The molecule has 206 valence electrons. The fourth-order valence-corrected chi connectivity index (χ4v) is 5.36. The van der Waals surface area contributed by atoms with Crippen molar-refractivity contribution in [3.8, 4) is 22.8 Å². The van der Waals surface area contributed by atoms with Crippen molar-refractivity contribution in [3.05, 3.63) is 74.9 Å². The summed E-state index contributed by atoms with van der Waals surface area (Å²) in [5.74, 6) is -0.597. The number of fused-ring (bicyclic) bond motifs is 1. The molecule has 1 aliphatic heterocycles. The first-order valence-electron chi connectivity index (χ1n) is 11.8. The highest BCUT2D eigenvalue weighted by Crippen LogP contribution is 2.36. The van der Waals surface area contributed by atoms with Gasteiger partial charge in [-0.1, -0.05) is 22.9 Å². The molecule has 4 aromatic rings. The number of amides is 2. The van der Waals surface area contributed by atoms with E-state index < -0.39 is 23.9 Å². The molecule has 0 aromatic carbocycles. The maximum Gasteiger partial charge on any atom is 0.280 e. The number of ether oxygens (including phenoxy) is 2. The second-order valence-electron chi connectivity index (χ2n) is 8.68. The number of halogens is 3. The number of alkyl halides is 2. The highest BCUT2D eigenvalue weighted by molar-refractivity contribution is 7.16. The van der Waals surface area contributed by atoms with Gasteiger partial charge in [0.05, 0.1) is 49.6 Å². The first-order chi connectivity index (χ1) is 19.2. The van der Waals surface area contributed by atoms with E-state index in [1.807, 2.05) is 0 Å². The van der Waals surface area contributed by atoms with Crippen LogP contribution in [-0.4, -0.2) is 50.9 Å².